The van der Waals surface area contributed by atoms with Gasteiger partial charge in [0.1, 0.15) is 23.9 Å². The highest BCUT2D eigenvalue weighted by molar-refractivity contribution is 6.36. The molecule has 0 spiro atoms. The third-order valence-corrected chi connectivity index (χ3v) is 6.39. The molecule has 0 aromatic heterocycles. The van der Waals surface area contributed by atoms with Crippen LogP contribution in [0.2, 0.25) is 15.1 Å². The first kappa shape index (κ1) is 22.1. The number of halogens is 3. The number of ether oxygens (including phenoxy) is 4. The molecule has 0 saturated carbocycles. The van der Waals surface area contributed by atoms with E-state index >= 15 is 0 Å². The van der Waals surface area contributed by atoms with Gasteiger partial charge in [-0.25, -0.2) is 0 Å². The summed E-state index contributed by atoms with van der Waals surface area (Å²) in [7, 11) is 0. The fraction of sp³-hybridized carbons (Fsp3) is 0.160. The average Bonchev–Trinajstić information content (AvgIpc) is 3.11. The number of hydrogen-bond acceptors (Lipinski definition) is 5. The Bertz CT molecular complexity index is 1300. The zero-order valence-corrected chi connectivity index (χ0v) is 19.7. The predicted octanol–water partition coefficient (Wildman–Crippen LogP) is 7.02. The van der Waals surface area contributed by atoms with E-state index in [2.05, 4.69) is 0 Å². The van der Waals surface area contributed by atoms with Gasteiger partial charge < -0.3 is 18.9 Å². The summed E-state index contributed by atoms with van der Waals surface area (Å²) < 4.78 is 22.9. The number of fused-ring (bicyclic) bond motifs is 2. The average molecular weight is 504 g/mol. The molecule has 0 amide bonds. The van der Waals surface area contributed by atoms with Crippen LogP contribution in [0.1, 0.15) is 32.6 Å². The van der Waals surface area contributed by atoms with Crippen LogP contribution >= 0.6 is 34.8 Å². The Morgan fingerprint density at radius 2 is 1.85 bits per heavy atom. The molecule has 0 saturated heterocycles. The summed E-state index contributed by atoms with van der Waals surface area (Å²) in [6.45, 7) is 2.54. The monoisotopic (exact) mass is 502 g/mol. The van der Waals surface area contributed by atoms with Gasteiger partial charge in [-0.3, -0.25) is 4.79 Å². The molecule has 0 atom stereocenters. The van der Waals surface area contributed by atoms with Gasteiger partial charge in [0, 0.05) is 37.3 Å². The van der Waals surface area contributed by atoms with Crippen molar-refractivity contribution >= 4 is 46.7 Å². The van der Waals surface area contributed by atoms with Crippen LogP contribution in [0.3, 0.4) is 0 Å². The first-order valence-corrected chi connectivity index (χ1v) is 11.2. The predicted molar refractivity (Wildman–Crippen MR) is 127 cm³/mol. The van der Waals surface area contributed by atoms with Crippen molar-refractivity contribution in [2.75, 3.05) is 6.79 Å². The van der Waals surface area contributed by atoms with Crippen LogP contribution in [0.25, 0.3) is 6.08 Å². The quantitative estimate of drug-likeness (QED) is 0.358. The number of benzene rings is 3. The molecule has 3 aromatic rings. The van der Waals surface area contributed by atoms with Gasteiger partial charge in [-0.05, 0) is 49.4 Å². The van der Waals surface area contributed by atoms with Gasteiger partial charge in [0.25, 0.3) is 0 Å². The minimum absolute atomic E-state index is 0.134. The summed E-state index contributed by atoms with van der Waals surface area (Å²) in [5.41, 5.74) is 3.31. The van der Waals surface area contributed by atoms with Gasteiger partial charge in [0.15, 0.2) is 12.6 Å². The maximum atomic E-state index is 13.0. The molecule has 2 heterocycles. The van der Waals surface area contributed by atoms with Crippen LogP contribution in [-0.4, -0.2) is 12.6 Å². The Morgan fingerprint density at radius 1 is 1.06 bits per heavy atom. The van der Waals surface area contributed by atoms with Crippen molar-refractivity contribution in [2.45, 2.75) is 20.1 Å². The van der Waals surface area contributed by atoms with Crippen LogP contribution < -0.4 is 14.2 Å². The summed E-state index contributed by atoms with van der Waals surface area (Å²) in [6.07, 6.45) is 1.64. The molecule has 0 unspecified atom stereocenters. The number of Topliss-reactive ketones (excluding diaryl/α,β-unsaturated/α-hetero) is 1. The van der Waals surface area contributed by atoms with E-state index in [1.54, 1.807) is 48.5 Å². The Balaban J connectivity index is 1.44. The second-order valence-electron chi connectivity index (χ2n) is 7.59. The van der Waals surface area contributed by atoms with Gasteiger partial charge in [-0.2, -0.15) is 0 Å². The molecule has 0 bridgehead atoms. The zero-order chi connectivity index (χ0) is 23.1. The molecule has 0 aliphatic carbocycles. The topological polar surface area (TPSA) is 54.0 Å². The van der Waals surface area contributed by atoms with E-state index < -0.39 is 0 Å². The third kappa shape index (κ3) is 4.18. The number of rotatable bonds is 4. The van der Waals surface area contributed by atoms with Gasteiger partial charge in [-0.1, -0.05) is 40.9 Å². The Hall–Kier alpha value is -2.70. The lowest BCUT2D eigenvalue weighted by Crippen LogP contribution is -2.12. The molecule has 33 heavy (non-hydrogen) atoms. The van der Waals surface area contributed by atoms with Crippen LogP contribution in [0.15, 0.2) is 48.2 Å². The van der Waals surface area contributed by atoms with Crippen molar-refractivity contribution in [1.29, 1.82) is 0 Å². The number of carbonyl (C=O) groups is 1. The zero-order valence-electron chi connectivity index (χ0n) is 17.4. The van der Waals surface area contributed by atoms with Gasteiger partial charge >= 0.3 is 0 Å². The smallest absolute Gasteiger partial charge is 0.231 e. The van der Waals surface area contributed by atoms with Crippen molar-refractivity contribution in [3.63, 3.8) is 0 Å². The number of carbonyl (C=O) groups excluding carboxylic acids is 1. The van der Waals surface area contributed by atoms with Crippen LogP contribution in [-0.2, 0) is 18.0 Å². The van der Waals surface area contributed by atoms with Crippen molar-refractivity contribution in [3.05, 3.63) is 91.1 Å². The van der Waals surface area contributed by atoms with Crippen molar-refractivity contribution in [3.8, 4) is 17.2 Å². The molecule has 2 aliphatic rings. The second kappa shape index (κ2) is 8.92. The third-order valence-electron chi connectivity index (χ3n) is 5.46. The second-order valence-corrected chi connectivity index (χ2v) is 8.84. The summed E-state index contributed by atoms with van der Waals surface area (Å²) in [5.74, 6) is 1.60. The lowest BCUT2D eigenvalue weighted by Gasteiger charge is -2.20. The Morgan fingerprint density at radius 3 is 2.64 bits per heavy atom. The molecule has 8 heteroatoms. The summed E-state index contributed by atoms with van der Waals surface area (Å²) in [4.78, 5) is 13.0. The van der Waals surface area contributed by atoms with Gasteiger partial charge in [-0.15, -0.1) is 0 Å². The number of hydrogen-bond donors (Lipinski definition) is 0. The highest BCUT2D eigenvalue weighted by Gasteiger charge is 2.31. The highest BCUT2D eigenvalue weighted by atomic mass is 35.5. The molecular weight excluding hydrogens is 487 g/mol. The SMILES string of the molecule is Cc1c(OCc2c(Cl)cccc2Cl)ccc2c1O/C(=C\c1cc(Cl)cc3c1OCOC3)C2=O. The molecule has 0 radical (unpaired) electrons. The van der Waals surface area contributed by atoms with Crippen molar-refractivity contribution < 1.29 is 23.7 Å². The maximum absolute atomic E-state index is 13.0. The van der Waals surface area contributed by atoms with Crippen LogP contribution in [0.5, 0.6) is 17.2 Å². The maximum Gasteiger partial charge on any atom is 0.231 e. The molecule has 0 fully saturated rings. The van der Waals surface area contributed by atoms with E-state index in [-0.39, 0.29) is 24.9 Å². The standard InChI is InChI=1S/C25H17Cl3O5/c1-13-21(31-11-18-19(27)3-2-4-20(18)28)6-5-17-23(29)22(33-24(13)17)9-14-7-16(26)8-15-10-30-12-32-25(14)15/h2-9H,10-12H2,1H3/b22-9-. The number of allylic oxidation sites excluding steroid dienone is 1. The van der Waals surface area contributed by atoms with Crippen molar-refractivity contribution in [2.24, 2.45) is 0 Å². The van der Waals surface area contributed by atoms with Gasteiger partial charge in [0.2, 0.25) is 5.78 Å². The normalized spacial score (nSPS) is 15.6. The molecule has 168 valence electrons. The van der Waals surface area contributed by atoms with E-state index in [1.165, 1.54) is 0 Å². The van der Waals surface area contributed by atoms with Crippen LogP contribution in [0.4, 0.5) is 0 Å². The van der Waals surface area contributed by atoms with E-state index in [0.717, 1.165) is 5.56 Å². The van der Waals surface area contributed by atoms with Crippen molar-refractivity contribution in [1.82, 2.24) is 0 Å². The van der Waals surface area contributed by atoms with E-state index in [4.69, 9.17) is 53.8 Å². The highest BCUT2D eigenvalue weighted by Crippen LogP contribution is 2.41. The molecule has 2 aliphatic heterocycles. The Labute approximate surface area is 205 Å². The number of ketones is 1. The van der Waals surface area contributed by atoms with E-state index in [1.807, 2.05) is 6.92 Å². The molecule has 5 rings (SSSR count). The molecule has 0 N–H and O–H groups in total. The summed E-state index contributed by atoms with van der Waals surface area (Å²) in [5, 5.41) is 1.56. The van der Waals surface area contributed by atoms with E-state index in [9.17, 15) is 4.79 Å². The van der Waals surface area contributed by atoms with E-state index in [0.29, 0.717) is 61.2 Å². The van der Waals surface area contributed by atoms with Gasteiger partial charge in [0.05, 0.1) is 12.2 Å². The molecule has 3 aromatic carbocycles. The minimum Gasteiger partial charge on any atom is -0.488 e. The Kier molecular flexibility index (Phi) is 5.97. The lowest BCUT2D eigenvalue weighted by atomic mass is 10.0. The first-order valence-electron chi connectivity index (χ1n) is 10.1. The first-order chi connectivity index (χ1) is 15.9. The minimum atomic E-state index is -0.227. The lowest BCUT2D eigenvalue weighted by molar-refractivity contribution is -0.0165. The molecule has 5 nitrogen and oxygen atoms in total. The fourth-order valence-corrected chi connectivity index (χ4v) is 4.56. The largest absolute Gasteiger partial charge is 0.488 e. The fourth-order valence-electron chi connectivity index (χ4n) is 3.80. The van der Waals surface area contributed by atoms with Crippen LogP contribution in [0, 0.1) is 6.92 Å². The molecular formula is C25H17Cl3O5. The summed E-state index contributed by atoms with van der Waals surface area (Å²) in [6, 6.07) is 12.2. The summed E-state index contributed by atoms with van der Waals surface area (Å²) >= 11 is 18.7.